The quantitative estimate of drug-likeness (QED) is 0.835. The van der Waals surface area contributed by atoms with E-state index in [2.05, 4.69) is 10.3 Å². The zero-order valence-corrected chi connectivity index (χ0v) is 10.4. The van der Waals surface area contributed by atoms with Gasteiger partial charge in [-0.15, -0.1) is 0 Å². The molecular formula is C12H12FN3OS. The number of hydrogen-bond acceptors (Lipinski definition) is 2. The molecule has 6 heteroatoms. The van der Waals surface area contributed by atoms with E-state index in [0.29, 0.717) is 21.8 Å². The molecule has 94 valence electrons. The molecule has 18 heavy (non-hydrogen) atoms. The second kappa shape index (κ2) is 4.20. The van der Waals surface area contributed by atoms with E-state index in [-0.39, 0.29) is 18.3 Å². The average molecular weight is 265 g/mol. The van der Waals surface area contributed by atoms with E-state index >= 15 is 0 Å². The molecule has 1 aromatic carbocycles. The topological polar surface area (TPSA) is 49.8 Å². The van der Waals surface area contributed by atoms with Crippen LogP contribution in [0, 0.1) is 10.6 Å². The first-order valence-corrected chi connectivity index (χ1v) is 6.22. The highest BCUT2D eigenvalue weighted by Gasteiger charge is 2.23. The van der Waals surface area contributed by atoms with Gasteiger partial charge in [-0.3, -0.25) is 4.79 Å². The summed E-state index contributed by atoms with van der Waals surface area (Å²) in [6.45, 7) is 0.124. The molecule has 0 aliphatic heterocycles. The maximum atomic E-state index is 13.5. The molecule has 1 saturated carbocycles. The van der Waals surface area contributed by atoms with Crippen LogP contribution in [0.5, 0.6) is 0 Å². The number of hydrogen-bond donors (Lipinski definition) is 2. The van der Waals surface area contributed by atoms with Crippen molar-refractivity contribution in [3.63, 3.8) is 0 Å². The van der Waals surface area contributed by atoms with Crippen LogP contribution in [-0.2, 0) is 11.3 Å². The van der Waals surface area contributed by atoms with Crippen molar-refractivity contribution in [2.75, 3.05) is 0 Å². The van der Waals surface area contributed by atoms with Crippen LogP contribution >= 0.6 is 12.2 Å². The smallest absolute Gasteiger partial charge is 0.240 e. The lowest BCUT2D eigenvalue weighted by molar-refractivity contribution is -0.121. The SMILES string of the molecule is O=C(Cn1c(=S)[nH]c2c(F)cccc21)NC1CC1. The predicted octanol–water partition coefficient (Wildman–Crippen LogP) is 2.12. The number of imidazole rings is 1. The van der Waals surface area contributed by atoms with Gasteiger partial charge in [0.2, 0.25) is 5.91 Å². The Morgan fingerprint density at radius 3 is 3.06 bits per heavy atom. The number of carbonyl (C=O) groups is 1. The van der Waals surface area contributed by atoms with Gasteiger partial charge in [0.1, 0.15) is 17.9 Å². The Kier molecular flexibility index (Phi) is 2.66. The lowest BCUT2D eigenvalue weighted by Gasteiger charge is -2.05. The Hall–Kier alpha value is -1.69. The minimum atomic E-state index is -0.361. The van der Waals surface area contributed by atoms with Gasteiger partial charge in [0.25, 0.3) is 0 Å². The summed E-state index contributed by atoms with van der Waals surface area (Å²) in [5.41, 5.74) is 0.965. The molecule has 0 atom stereocenters. The standard InChI is InChI=1S/C12H12FN3OS/c13-8-2-1-3-9-11(8)15-12(18)16(9)6-10(17)14-7-4-5-7/h1-3,7H,4-6H2,(H,14,17)(H,15,18). The number of aromatic nitrogens is 2. The van der Waals surface area contributed by atoms with E-state index in [0.717, 1.165) is 12.8 Å². The summed E-state index contributed by atoms with van der Waals surface area (Å²) in [6.07, 6.45) is 2.08. The molecule has 0 bridgehead atoms. The Bertz CT molecular complexity index is 672. The van der Waals surface area contributed by atoms with E-state index in [9.17, 15) is 9.18 Å². The molecule has 4 nitrogen and oxygen atoms in total. The minimum Gasteiger partial charge on any atom is -0.352 e. The van der Waals surface area contributed by atoms with Crippen molar-refractivity contribution in [2.24, 2.45) is 0 Å². The zero-order chi connectivity index (χ0) is 12.7. The number of H-pyrrole nitrogens is 1. The van der Waals surface area contributed by atoms with Gasteiger partial charge in [-0.05, 0) is 37.2 Å². The van der Waals surface area contributed by atoms with Gasteiger partial charge in [-0.1, -0.05) is 6.07 Å². The number of nitrogens with zero attached hydrogens (tertiary/aromatic N) is 1. The van der Waals surface area contributed by atoms with Crippen molar-refractivity contribution < 1.29 is 9.18 Å². The van der Waals surface area contributed by atoms with Gasteiger partial charge in [0.05, 0.1) is 5.52 Å². The Morgan fingerprint density at radius 2 is 2.33 bits per heavy atom. The third kappa shape index (κ3) is 2.03. The minimum absolute atomic E-state index is 0.0845. The highest BCUT2D eigenvalue weighted by molar-refractivity contribution is 7.71. The average Bonchev–Trinajstić information content (AvgIpc) is 3.07. The highest BCUT2D eigenvalue weighted by atomic mass is 32.1. The van der Waals surface area contributed by atoms with Gasteiger partial charge in [-0.2, -0.15) is 0 Å². The number of aromatic amines is 1. The molecule has 0 radical (unpaired) electrons. The van der Waals surface area contributed by atoms with Crippen LogP contribution in [0.15, 0.2) is 18.2 Å². The second-order valence-electron chi connectivity index (χ2n) is 4.49. The van der Waals surface area contributed by atoms with Gasteiger partial charge in [-0.25, -0.2) is 4.39 Å². The van der Waals surface area contributed by atoms with Gasteiger partial charge in [0.15, 0.2) is 4.77 Å². The highest BCUT2D eigenvalue weighted by Crippen LogP contribution is 2.19. The third-order valence-corrected chi connectivity index (χ3v) is 3.33. The molecule has 1 aliphatic rings. The fraction of sp³-hybridized carbons (Fsp3) is 0.333. The van der Waals surface area contributed by atoms with Gasteiger partial charge < -0.3 is 14.9 Å². The fourth-order valence-corrected chi connectivity index (χ4v) is 2.21. The first-order valence-electron chi connectivity index (χ1n) is 5.81. The van der Waals surface area contributed by atoms with Gasteiger partial charge in [0, 0.05) is 6.04 Å². The number of amides is 1. The molecule has 0 spiro atoms. The summed E-state index contributed by atoms with van der Waals surface area (Å²) in [5, 5.41) is 2.88. The van der Waals surface area contributed by atoms with Crippen LogP contribution < -0.4 is 5.32 Å². The van der Waals surface area contributed by atoms with Crippen LogP contribution in [0.25, 0.3) is 11.0 Å². The molecule has 0 saturated heterocycles. The first kappa shape index (κ1) is 11.4. The molecule has 1 aliphatic carbocycles. The number of carbonyl (C=O) groups excluding carboxylic acids is 1. The monoisotopic (exact) mass is 265 g/mol. The van der Waals surface area contributed by atoms with Crippen LogP contribution in [0.4, 0.5) is 4.39 Å². The van der Waals surface area contributed by atoms with Crippen molar-refractivity contribution in [1.29, 1.82) is 0 Å². The van der Waals surface area contributed by atoms with Crippen LogP contribution in [-0.4, -0.2) is 21.5 Å². The molecule has 3 rings (SSSR count). The Balaban J connectivity index is 1.95. The van der Waals surface area contributed by atoms with Crippen LogP contribution in [0.2, 0.25) is 0 Å². The number of fused-ring (bicyclic) bond motifs is 1. The molecule has 1 aromatic heterocycles. The summed E-state index contributed by atoms with van der Waals surface area (Å²) < 4.78 is 15.5. The summed E-state index contributed by atoms with van der Waals surface area (Å²) in [6, 6.07) is 5.03. The zero-order valence-electron chi connectivity index (χ0n) is 9.57. The fourth-order valence-electron chi connectivity index (χ4n) is 1.95. The van der Waals surface area contributed by atoms with Gasteiger partial charge >= 0.3 is 0 Å². The van der Waals surface area contributed by atoms with Crippen molar-refractivity contribution in [2.45, 2.75) is 25.4 Å². The molecule has 2 aromatic rings. The van der Waals surface area contributed by atoms with Crippen molar-refractivity contribution in [3.05, 3.63) is 28.8 Å². The number of rotatable bonds is 3. The maximum Gasteiger partial charge on any atom is 0.240 e. The van der Waals surface area contributed by atoms with E-state index in [1.807, 2.05) is 0 Å². The second-order valence-corrected chi connectivity index (χ2v) is 4.88. The van der Waals surface area contributed by atoms with E-state index in [4.69, 9.17) is 12.2 Å². The lowest BCUT2D eigenvalue weighted by atomic mass is 10.3. The van der Waals surface area contributed by atoms with Crippen LogP contribution in [0.3, 0.4) is 0 Å². The predicted molar refractivity (Wildman–Crippen MR) is 68.2 cm³/mol. The molecule has 1 amide bonds. The molecular weight excluding hydrogens is 253 g/mol. The normalized spacial score (nSPS) is 14.9. The number of nitrogens with one attached hydrogen (secondary N) is 2. The van der Waals surface area contributed by atoms with E-state index < -0.39 is 0 Å². The van der Waals surface area contributed by atoms with Crippen molar-refractivity contribution in [3.8, 4) is 0 Å². The van der Waals surface area contributed by atoms with Crippen molar-refractivity contribution >= 4 is 29.2 Å². The summed E-state index contributed by atoms with van der Waals surface area (Å²) in [4.78, 5) is 14.5. The number of benzene rings is 1. The Labute approximate surface area is 108 Å². The maximum absolute atomic E-state index is 13.5. The molecule has 2 N–H and O–H groups in total. The largest absolute Gasteiger partial charge is 0.352 e. The number of para-hydroxylation sites is 1. The number of halogens is 1. The lowest BCUT2D eigenvalue weighted by Crippen LogP contribution is -2.29. The summed E-state index contributed by atoms with van der Waals surface area (Å²) >= 11 is 5.12. The summed E-state index contributed by atoms with van der Waals surface area (Å²) in [7, 11) is 0. The van der Waals surface area contributed by atoms with E-state index in [1.54, 1.807) is 16.7 Å². The van der Waals surface area contributed by atoms with Crippen molar-refractivity contribution in [1.82, 2.24) is 14.9 Å². The molecule has 1 heterocycles. The van der Waals surface area contributed by atoms with E-state index in [1.165, 1.54) is 6.07 Å². The summed E-state index contributed by atoms with van der Waals surface area (Å²) in [5.74, 6) is -0.446. The third-order valence-electron chi connectivity index (χ3n) is 3.00. The molecule has 0 unspecified atom stereocenters. The first-order chi connectivity index (χ1) is 8.65. The molecule has 1 fully saturated rings. The van der Waals surface area contributed by atoms with Crippen LogP contribution in [0.1, 0.15) is 12.8 Å². The Morgan fingerprint density at radius 1 is 1.56 bits per heavy atom.